The summed E-state index contributed by atoms with van der Waals surface area (Å²) in [4.78, 5) is 25.2. The molecule has 3 rings (SSSR count). The van der Waals surface area contributed by atoms with Crippen molar-refractivity contribution in [1.29, 1.82) is 0 Å². The lowest BCUT2D eigenvalue weighted by atomic mass is 10.1. The molecule has 0 radical (unpaired) electrons. The number of benzene rings is 2. The molecule has 0 aliphatic carbocycles. The van der Waals surface area contributed by atoms with Crippen LogP contribution in [0.4, 0.5) is 5.69 Å². The van der Waals surface area contributed by atoms with Crippen molar-refractivity contribution >= 4 is 27.5 Å². The minimum Gasteiger partial charge on any atom is -0.376 e. The van der Waals surface area contributed by atoms with E-state index in [0.717, 1.165) is 12.8 Å². The summed E-state index contributed by atoms with van der Waals surface area (Å²) in [5.74, 6) is -0.833. The highest BCUT2D eigenvalue weighted by Crippen LogP contribution is 2.18. The highest BCUT2D eigenvalue weighted by atomic mass is 32.2. The number of amides is 2. The number of para-hydroxylation sites is 1. The maximum absolute atomic E-state index is 12.6. The van der Waals surface area contributed by atoms with Gasteiger partial charge < -0.3 is 15.4 Å². The number of ether oxygens (including phenoxy) is 1. The Labute approximate surface area is 169 Å². The second-order valence-corrected chi connectivity index (χ2v) is 8.47. The van der Waals surface area contributed by atoms with E-state index in [4.69, 9.17) is 4.74 Å². The zero-order valence-electron chi connectivity index (χ0n) is 16.0. The van der Waals surface area contributed by atoms with Gasteiger partial charge in [-0.1, -0.05) is 18.2 Å². The molecule has 1 unspecified atom stereocenters. The molecule has 1 atom stereocenters. The van der Waals surface area contributed by atoms with Crippen molar-refractivity contribution in [2.75, 3.05) is 25.5 Å². The molecule has 0 aromatic heterocycles. The molecule has 1 saturated heterocycles. The van der Waals surface area contributed by atoms with Gasteiger partial charge in [0, 0.05) is 18.7 Å². The average molecular weight is 417 g/mol. The molecule has 2 aromatic rings. The van der Waals surface area contributed by atoms with Gasteiger partial charge in [-0.15, -0.1) is 0 Å². The molecule has 1 heterocycles. The minimum atomic E-state index is -3.67. The number of rotatable bonds is 7. The maximum Gasteiger partial charge on any atom is 0.255 e. The quantitative estimate of drug-likeness (QED) is 0.635. The van der Waals surface area contributed by atoms with Crippen LogP contribution in [0.3, 0.4) is 0 Å². The minimum absolute atomic E-state index is 0.0116. The smallest absolute Gasteiger partial charge is 0.255 e. The van der Waals surface area contributed by atoms with Crippen LogP contribution in [0, 0.1) is 0 Å². The van der Waals surface area contributed by atoms with Gasteiger partial charge in [0.2, 0.25) is 10.0 Å². The van der Waals surface area contributed by atoms with E-state index in [9.17, 15) is 18.0 Å². The van der Waals surface area contributed by atoms with Crippen LogP contribution in [-0.4, -0.2) is 46.5 Å². The first kappa shape index (κ1) is 21.0. The molecule has 2 aromatic carbocycles. The predicted molar refractivity (Wildman–Crippen MR) is 108 cm³/mol. The molecule has 29 heavy (non-hydrogen) atoms. The molecule has 2 amide bonds. The molecule has 1 fully saturated rings. The van der Waals surface area contributed by atoms with E-state index >= 15 is 0 Å². The highest BCUT2D eigenvalue weighted by molar-refractivity contribution is 7.89. The Morgan fingerprint density at radius 3 is 2.62 bits per heavy atom. The summed E-state index contributed by atoms with van der Waals surface area (Å²) in [7, 11) is -2.37. The summed E-state index contributed by atoms with van der Waals surface area (Å²) in [6.45, 7) is 1.11. The molecule has 0 spiro atoms. The van der Waals surface area contributed by atoms with Crippen LogP contribution in [0.15, 0.2) is 53.4 Å². The number of carbonyl (C=O) groups excluding carboxylic acids is 2. The van der Waals surface area contributed by atoms with E-state index in [2.05, 4.69) is 15.4 Å². The summed E-state index contributed by atoms with van der Waals surface area (Å²) in [6, 6.07) is 12.3. The number of nitrogens with one attached hydrogen (secondary N) is 3. The van der Waals surface area contributed by atoms with Gasteiger partial charge in [0.25, 0.3) is 11.8 Å². The van der Waals surface area contributed by atoms with Gasteiger partial charge in [0.05, 0.1) is 22.3 Å². The van der Waals surface area contributed by atoms with E-state index in [1.165, 1.54) is 31.3 Å². The standard InChI is InChI=1S/C20H23N3O5S/c1-21-29(26,27)16-8-4-6-14(12-16)19(24)23-18-10-3-2-9-17(18)20(25)22-13-15-7-5-11-28-15/h2-4,6,8-10,12,15,21H,5,7,11,13H2,1H3,(H,22,25)(H,23,24). The lowest BCUT2D eigenvalue weighted by Crippen LogP contribution is -2.32. The SMILES string of the molecule is CNS(=O)(=O)c1cccc(C(=O)Nc2ccccc2C(=O)NCC2CCCO2)c1. The Bertz CT molecular complexity index is 1000. The van der Waals surface area contributed by atoms with Crippen LogP contribution in [0.2, 0.25) is 0 Å². The summed E-state index contributed by atoms with van der Waals surface area (Å²) in [6.07, 6.45) is 1.90. The second-order valence-electron chi connectivity index (χ2n) is 6.58. The summed E-state index contributed by atoms with van der Waals surface area (Å²) in [5.41, 5.74) is 0.818. The van der Waals surface area contributed by atoms with E-state index in [0.29, 0.717) is 24.4 Å². The van der Waals surface area contributed by atoms with Crippen LogP contribution >= 0.6 is 0 Å². The molecule has 0 saturated carbocycles. The van der Waals surface area contributed by atoms with Crippen molar-refractivity contribution < 1.29 is 22.7 Å². The fourth-order valence-corrected chi connectivity index (χ4v) is 3.79. The summed E-state index contributed by atoms with van der Waals surface area (Å²) in [5, 5.41) is 5.51. The maximum atomic E-state index is 12.6. The molecule has 1 aliphatic rings. The summed E-state index contributed by atoms with van der Waals surface area (Å²) < 4.78 is 31.6. The van der Waals surface area contributed by atoms with Gasteiger partial charge in [-0.3, -0.25) is 9.59 Å². The summed E-state index contributed by atoms with van der Waals surface area (Å²) >= 11 is 0. The molecular formula is C20H23N3O5S. The Balaban J connectivity index is 1.74. The van der Waals surface area contributed by atoms with E-state index in [1.54, 1.807) is 24.3 Å². The van der Waals surface area contributed by atoms with Crippen molar-refractivity contribution in [2.24, 2.45) is 0 Å². The largest absolute Gasteiger partial charge is 0.376 e. The van der Waals surface area contributed by atoms with Crippen molar-refractivity contribution in [1.82, 2.24) is 10.0 Å². The zero-order valence-corrected chi connectivity index (χ0v) is 16.8. The van der Waals surface area contributed by atoms with Crippen LogP contribution in [-0.2, 0) is 14.8 Å². The Morgan fingerprint density at radius 1 is 1.10 bits per heavy atom. The van der Waals surface area contributed by atoms with Gasteiger partial charge in [0.1, 0.15) is 0 Å². The lowest BCUT2D eigenvalue weighted by molar-refractivity contribution is 0.0858. The molecule has 3 N–H and O–H groups in total. The third-order valence-electron chi connectivity index (χ3n) is 4.61. The molecular weight excluding hydrogens is 394 g/mol. The van der Waals surface area contributed by atoms with Crippen LogP contribution in [0.1, 0.15) is 33.6 Å². The normalized spacial score (nSPS) is 16.4. The molecule has 0 bridgehead atoms. The van der Waals surface area contributed by atoms with Crippen LogP contribution < -0.4 is 15.4 Å². The Kier molecular flexibility index (Phi) is 6.63. The molecule has 8 nitrogen and oxygen atoms in total. The third kappa shape index (κ3) is 5.20. The second kappa shape index (κ2) is 9.17. The van der Waals surface area contributed by atoms with Crippen molar-refractivity contribution in [3.8, 4) is 0 Å². The molecule has 9 heteroatoms. The zero-order chi connectivity index (χ0) is 20.9. The monoisotopic (exact) mass is 417 g/mol. The topological polar surface area (TPSA) is 114 Å². The first-order valence-corrected chi connectivity index (χ1v) is 10.7. The molecule has 1 aliphatic heterocycles. The molecule has 154 valence electrons. The van der Waals surface area contributed by atoms with Crippen molar-refractivity contribution in [3.05, 3.63) is 59.7 Å². The van der Waals surface area contributed by atoms with E-state index in [-0.39, 0.29) is 22.5 Å². The number of sulfonamides is 1. The van der Waals surface area contributed by atoms with Gasteiger partial charge in [0.15, 0.2) is 0 Å². The van der Waals surface area contributed by atoms with E-state index < -0.39 is 15.9 Å². The van der Waals surface area contributed by atoms with Gasteiger partial charge in [-0.25, -0.2) is 13.1 Å². The first-order chi connectivity index (χ1) is 13.9. The van der Waals surface area contributed by atoms with Gasteiger partial charge in [-0.05, 0) is 50.2 Å². The number of anilines is 1. The fraction of sp³-hybridized carbons (Fsp3) is 0.300. The average Bonchev–Trinajstić information content (AvgIpc) is 3.26. The van der Waals surface area contributed by atoms with Crippen LogP contribution in [0.25, 0.3) is 0 Å². The fourth-order valence-electron chi connectivity index (χ4n) is 3.01. The van der Waals surface area contributed by atoms with Crippen molar-refractivity contribution in [2.45, 2.75) is 23.8 Å². The van der Waals surface area contributed by atoms with E-state index in [1.807, 2.05) is 0 Å². The Hall–Kier alpha value is -2.75. The van der Waals surface area contributed by atoms with Gasteiger partial charge in [-0.2, -0.15) is 0 Å². The lowest BCUT2D eigenvalue weighted by Gasteiger charge is -2.14. The first-order valence-electron chi connectivity index (χ1n) is 9.24. The number of hydrogen-bond acceptors (Lipinski definition) is 5. The Morgan fingerprint density at radius 2 is 1.90 bits per heavy atom. The number of hydrogen-bond donors (Lipinski definition) is 3. The van der Waals surface area contributed by atoms with Crippen molar-refractivity contribution in [3.63, 3.8) is 0 Å². The van der Waals surface area contributed by atoms with Crippen LogP contribution in [0.5, 0.6) is 0 Å². The highest BCUT2D eigenvalue weighted by Gasteiger charge is 2.19. The third-order valence-corrected chi connectivity index (χ3v) is 6.02. The number of carbonyl (C=O) groups is 2. The predicted octanol–water partition coefficient (Wildman–Crippen LogP) is 1.76. The van der Waals surface area contributed by atoms with Gasteiger partial charge >= 0.3 is 0 Å².